The molecule has 1 heterocycles. The zero-order valence-electron chi connectivity index (χ0n) is 17.3. The largest absolute Gasteiger partial charge is 0.314 e. The zero-order chi connectivity index (χ0) is 20.9. The van der Waals surface area contributed by atoms with Gasteiger partial charge in [-0.05, 0) is 72.2 Å². The van der Waals surface area contributed by atoms with Crippen molar-refractivity contribution in [2.45, 2.75) is 26.2 Å². The Bertz CT molecular complexity index is 1180. The fraction of sp³-hybridized carbons (Fsp3) is 0.222. The summed E-state index contributed by atoms with van der Waals surface area (Å²) in [6.45, 7) is 2.06. The molecule has 150 valence electrons. The highest BCUT2D eigenvalue weighted by molar-refractivity contribution is 6.07. The second-order valence-corrected chi connectivity index (χ2v) is 8.53. The SMILES string of the molecule is CN1C(=O)C(C)(Cc2ccc(F)cc2)C2=C(c3ccccc3CC2)c2ccccc21. The predicted octanol–water partition coefficient (Wildman–Crippen LogP) is 5.80. The Balaban J connectivity index is 1.78. The molecule has 1 amide bonds. The van der Waals surface area contributed by atoms with Crippen molar-refractivity contribution >= 4 is 17.2 Å². The predicted molar refractivity (Wildman–Crippen MR) is 119 cm³/mol. The van der Waals surface area contributed by atoms with Crippen LogP contribution in [0.5, 0.6) is 0 Å². The van der Waals surface area contributed by atoms with Crippen LogP contribution in [-0.4, -0.2) is 13.0 Å². The number of halogens is 1. The monoisotopic (exact) mass is 397 g/mol. The highest BCUT2D eigenvalue weighted by Gasteiger charge is 2.45. The van der Waals surface area contributed by atoms with Gasteiger partial charge in [-0.1, -0.05) is 54.6 Å². The molecular formula is C27H24FNO. The van der Waals surface area contributed by atoms with E-state index < -0.39 is 5.41 Å². The Morgan fingerprint density at radius 3 is 2.33 bits per heavy atom. The van der Waals surface area contributed by atoms with Gasteiger partial charge in [-0.15, -0.1) is 0 Å². The highest BCUT2D eigenvalue weighted by Crippen LogP contribution is 2.50. The Labute approximate surface area is 176 Å². The van der Waals surface area contributed by atoms with Crippen molar-refractivity contribution in [3.8, 4) is 0 Å². The van der Waals surface area contributed by atoms with Crippen molar-refractivity contribution < 1.29 is 9.18 Å². The van der Waals surface area contributed by atoms with Crippen LogP contribution in [0.25, 0.3) is 5.57 Å². The molecule has 0 fully saturated rings. The summed E-state index contributed by atoms with van der Waals surface area (Å²) in [5.74, 6) is -0.171. The van der Waals surface area contributed by atoms with Crippen molar-refractivity contribution in [2.75, 3.05) is 11.9 Å². The van der Waals surface area contributed by atoms with Crippen LogP contribution < -0.4 is 4.90 Å². The first-order valence-corrected chi connectivity index (χ1v) is 10.4. The number of hydrogen-bond acceptors (Lipinski definition) is 1. The van der Waals surface area contributed by atoms with E-state index in [9.17, 15) is 9.18 Å². The molecule has 0 saturated heterocycles. The van der Waals surface area contributed by atoms with Gasteiger partial charge < -0.3 is 4.90 Å². The molecule has 1 unspecified atom stereocenters. The minimum atomic E-state index is -0.700. The highest BCUT2D eigenvalue weighted by atomic mass is 19.1. The summed E-state index contributed by atoms with van der Waals surface area (Å²) in [6.07, 6.45) is 2.32. The van der Waals surface area contributed by atoms with E-state index in [1.165, 1.54) is 34.4 Å². The molecule has 1 aliphatic heterocycles. The third kappa shape index (κ3) is 2.80. The summed E-state index contributed by atoms with van der Waals surface area (Å²) in [4.78, 5) is 15.7. The molecule has 0 spiro atoms. The van der Waals surface area contributed by atoms with Crippen molar-refractivity contribution in [2.24, 2.45) is 5.41 Å². The van der Waals surface area contributed by atoms with Crippen LogP contribution >= 0.6 is 0 Å². The molecule has 3 aromatic rings. The molecule has 2 aliphatic rings. The number of para-hydroxylation sites is 1. The van der Waals surface area contributed by atoms with Gasteiger partial charge in [-0.25, -0.2) is 4.39 Å². The summed E-state index contributed by atoms with van der Waals surface area (Å²) in [6, 6.07) is 23.2. The van der Waals surface area contributed by atoms with E-state index in [-0.39, 0.29) is 11.7 Å². The third-order valence-corrected chi connectivity index (χ3v) is 6.68. The molecule has 3 heteroatoms. The minimum Gasteiger partial charge on any atom is -0.314 e. The molecule has 0 aromatic heterocycles. The molecule has 5 rings (SSSR count). The fourth-order valence-electron chi connectivity index (χ4n) is 5.17. The van der Waals surface area contributed by atoms with Gasteiger partial charge in [0, 0.05) is 12.6 Å². The van der Waals surface area contributed by atoms with E-state index in [0.717, 1.165) is 29.7 Å². The van der Waals surface area contributed by atoms with Gasteiger partial charge in [0.05, 0.1) is 11.1 Å². The van der Waals surface area contributed by atoms with Crippen molar-refractivity contribution in [3.63, 3.8) is 0 Å². The van der Waals surface area contributed by atoms with Crippen LogP contribution in [0.4, 0.5) is 10.1 Å². The lowest BCUT2D eigenvalue weighted by atomic mass is 9.68. The van der Waals surface area contributed by atoms with Crippen LogP contribution in [0.2, 0.25) is 0 Å². The molecule has 0 N–H and O–H groups in total. The Hall–Kier alpha value is -3.20. The maximum absolute atomic E-state index is 13.9. The van der Waals surface area contributed by atoms with Gasteiger partial charge in [0.15, 0.2) is 0 Å². The lowest BCUT2D eigenvalue weighted by Crippen LogP contribution is -2.42. The van der Waals surface area contributed by atoms with Gasteiger partial charge in [0.25, 0.3) is 0 Å². The molecule has 0 saturated carbocycles. The number of aryl methyl sites for hydroxylation is 1. The number of anilines is 1. The summed E-state index contributed by atoms with van der Waals surface area (Å²) in [5, 5.41) is 0. The molecule has 2 nitrogen and oxygen atoms in total. The van der Waals surface area contributed by atoms with Crippen molar-refractivity contribution in [3.05, 3.63) is 106 Å². The normalized spacial score (nSPS) is 20.4. The smallest absolute Gasteiger partial charge is 0.237 e. The van der Waals surface area contributed by atoms with Crippen LogP contribution in [-0.2, 0) is 17.6 Å². The first-order valence-electron chi connectivity index (χ1n) is 10.4. The van der Waals surface area contributed by atoms with Gasteiger partial charge in [0.2, 0.25) is 5.91 Å². The maximum atomic E-state index is 13.9. The quantitative estimate of drug-likeness (QED) is 0.535. The topological polar surface area (TPSA) is 20.3 Å². The molecular weight excluding hydrogens is 373 g/mol. The Morgan fingerprint density at radius 2 is 1.57 bits per heavy atom. The first kappa shape index (κ1) is 18.8. The average Bonchev–Trinajstić information content (AvgIpc) is 2.84. The van der Waals surface area contributed by atoms with Crippen LogP contribution in [0.3, 0.4) is 0 Å². The Morgan fingerprint density at radius 1 is 0.900 bits per heavy atom. The number of hydrogen-bond donors (Lipinski definition) is 0. The van der Waals surface area contributed by atoms with E-state index in [2.05, 4.69) is 37.3 Å². The van der Waals surface area contributed by atoms with E-state index in [0.29, 0.717) is 6.42 Å². The van der Waals surface area contributed by atoms with E-state index in [1.54, 1.807) is 17.0 Å². The molecule has 1 atom stereocenters. The summed E-state index contributed by atoms with van der Waals surface area (Å²) in [7, 11) is 1.87. The molecule has 3 aromatic carbocycles. The number of amides is 1. The van der Waals surface area contributed by atoms with E-state index in [1.807, 2.05) is 25.2 Å². The lowest BCUT2D eigenvalue weighted by molar-refractivity contribution is -0.125. The number of fused-ring (bicyclic) bond motifs is 4. The molecule has 30 heavy (non-hydrogen) atoms. The van der Waals surface area contributed by atoms with Crippen molar-refractivity contribution in [1.29, 1.82) is 0 Å². The first-order chi connectivity index (χ1) is 14.5. The third-order valence-electron chi connectivity index (χ3n) is 6.68. The molecule has 0 bridgehead atoms. The summed E-state index contributed by atoms with van der Waals surface area (Å²) in [5.41, 5.74) is 7.24. The van der Waals surface area contributed by atoms with Gasteiger partial charge >= 0.3 is 0 Å². The number of carbonyl (C=O) groups is 1. The standard InChI is InChI=1S/C27H24FNO/c1-27(17-18-11-14-20(28)15-12-18)23-16-13-19-7-3-4-8-21(19)25(23)22-9-5-6-10-24(22)29(2)26(27)30/h3-12,14-15H,13,16-17H2,1-2H3. The second-order valence-electron chi connectivity index (χ2n) is 8.53. The van der Waals surface area contributed by atoms with E-state index >= 15 is 0 Å². The average molecular weight is 397 g/mol. The lowest BCUT2D eigenvalue weighted by Gasteiger charge is -2.36. The van der Waals surface area contributed by atoms with Crippen LogP contribution in [0, 0.1) is 11.2 Å². The van der Waals surface area contributed by atoms with Crippen LogP contribution in [0.15, 0.2) is 78.4 Å². The van der Waals surface area contributed by atoms with Crippen molar-refractivity contribution in [1.82, 2.24) is 0 Å². The van der Waals surface area contributed by atoms with Gasteiger partial charge in [-0.2, -0.15) is 0 Å². The summed E-state index contributed by atoms with van der Waals surface area (Å²) < 4.78 is 13.5. The van der Waals surface area contributed by atoms with Gasteiger partial charge in [-0.3, -0.25) is 4.79 Å². The number of nitrogens with zero attached hydrogens (tertiary/aromatic N) is 1. The molecule has 0 radical (unpaired) electrons. The fourth-order valence-corrected chi connectivity index (χ4v) is 5.17. The molecule has 1 aliphatic carbocycles. The Kier molecular flexibility index (Phi) is 4.35. The summed E-state index contributed by atoms with van der Waals surface area (Å²) >= 11 is 0. The minimum absolute atomic E-state index is 0.0867. The second kappa shape index (κ2) is 6.94. The zero-order valence-corrected chi connectivity index (χ0v) is 17.3. The number of carbonyl (C=O) groups excluding carboxylic acids is 1. The van der Waals surface area contributed by atoms with Crippen LogP contribution in [0.1, 0.15) is 35.6 Å². The van der Waals surface area contributed by atoms with E-state index in [4.69, 9.17) is 0 Å². The van der Waals surface area contributed by atoms with Gasteiger partial charge in [0.1, 0.15) is 5.82 Å². The maximum Gasteiger partial charge on any atom is 0.237 e. The number of rotatable bonds is 2. The number of benzene rings is 3.